The minimum Gasteiger partial charge on any atom is -0.392 e. The van der Waals surface area contributed by atoms with Crippen molar-refractivity contribution >= 4 is 28.3 Å². The lowest BCUT2D eigenvalue weighted by Crippen LogP contribution is -2.38. The monoisotopic (exact) mass is 611 g/mol. The van der Waals surface area contributed by atoms with E-state index in [1.54, 1.807) is 11.5 Å². The molecular formula is C36H41N3O6. The van der Waals surface area contributed by atoms with Gasteiger partial charge >= 0.3 is 0 Å². The van der Waals surface area contributed by atoms with Crippen LogP contribution >= 0.6 is 0 Å². The third kappa shape index (κ3) is 8.54. The standard InChI is InChI=1S/C36H41N3O6/c1-24(28-18-17-26-7-3-4-8-29(26)19-28)39(2)22-32-21-33(27-15-13-25(23-40)14-16-27)45-36(44-32)30-9-5-10-31(20-30)37-34(41)11-6-12-35(42)38-43/h3-5,7-10,13-20,24,32-33,36,40,43H,6,11-12,21-23H2,1-2H3,(H,37,41)(H,38,42)/t24-,32-,33+,36+/m1/s1. The molecule has 4 atom stereocenters. The molecule has 0 bridgehead atoms. The van der Waals surface area contributed by atoms with E-state index in [0.29, 0.717) is 25.1 Å². The van der Waals surface area contributed by atoms with Crippen molar-refractivity contribution in [2.75, 3.05) is 18.9 Å². The predicted molar refractivity (Wildman–Crippen MR) is 172 cm³/mol. The molecule has 0 aliphatic carbocycles. The molecule has 2 amide bonds. The molecule has 0 saturated carbocycles. The molecule has 0 spiro atoms. The number of nitrogens with one attached hydrogen (secondary N) is 2. The summed E-state index contributed by atoms with van der Waals surface area (Å²) >= 11 is 0. The first-order chi connectivity index (χ1) is 21.8. The normalized spacial score (nSPS) is 18.9. The number of aliphatic hydroxyl groups is 1. The molecule has 1 aliphatic rings. The number of nitrogens with zero attached hydrogens (tertiary/aromatic N) is 1. The molecule has 4 aromatic rings. The van der Waals surface area contributed by atoms with Crippen LogP contribution in [-0.2, 0) is 25.7 Å². The molecule has 4 N–H and O–H groups in total. The summed E-state index contributed by atoms with van der Waals surface area (Å²) in [6.07, 6.45) is 0.128. The third-order valence-corrected chi connectivity index (χ3v) is 8.40. The van der Waals surface area contributed by atoms with Crippen LogP contribution in [-0.4, -0.2) is 46.7 Å². The lowest BCUT2D eigenvalue weighted by Gasteiger charge is -2.39. The van der Waals surface area contributed by atoms with Crippen molar-refractivity contribution < 1.29 is 29.4 Å². The highest BCUT2D eigenvalue weighted by Crippen LogP contribution is 2.39. The zero-order chi connectivity index (χ0) is 31.8. The number of hydrogen-bond donors (Lipinski definition) is 4. The summed E-state index contributed by atoms with van der Waals surface area (Å²) in [7, 11) is 2.11. The first-order valence-electron chi connectivity index (χ1n) is 15.3. The Bertz CT molecular complexity index is 1590. The number of benzene rings is 4. The lowest BCUT2D eigenvalue weighted by molar-refractivity contribution is -0.253. The van der Waals surface area contributed by atoms with Gasteiger partial charge in [-0.15, -0.1) is 0 Å². The molecule has 9 nitrogen and oxygen atoms in total. The topological polar surface area (TPSA) is 120 Å². The van der Waals surface area contributed by atoms with Crippen LogP contribution in [0.25, 0.3) is 10.8 Å². The van der Waals surface area contributed by atoms with Gasteiger partial charge in [0.25, 0.3) is 0 Å². The van der Waals surface area contributed by atoms with E-state index in [4.69, 9.17) is 14.7 Å². The second-order valence-electron chi connectivity index (χ2n) is 11.6. The highest BCUT2D eigenvalue weighted by molar-refractivity contribution is 5.91. The third-order valence-electron chi connectivity index (χ3n) is 8.40. The van der Waals surface area contributed by atoms with E-state index in [-0.39, 0.29) is 43.6 Å². The maximum Gasteiger partial charge on any atom is 0.243 e. The van der Waals surface area contributed by atoms with Gasteiger partial charge in [-0.1, -0.05) is 72.8 Å². The number of hydroxylamine groups is 1. The van der Waals surface area contributed by atoms with Crippen LogP contribution < -0.4 is 10.8 Å². The van der Waals surface area contributed by atoms with Crippen molar-refractivity contribution in [2.24, 2.45) is 0 Å². The minimum atomic E-state index is -0.666. The number of aliphatic hydroxyl groups excluding tert-OH is 1. The largest absolute Gasteiger partial charge is 0.392 e. The molecule has 1 aliphatic heterocycles. The van der Waals surface area contributed by atoms with Gasteiger partial charge in [-0.05, 0) is 66.1 Å². The molecule has 9 heteroatoms. The van der Waals surface area contributed by atoms with E-state index in [0.717, 1.165) is 16.7 Å². The Morgan fingerprint density at radius 3 is 2.40 bits per heavy atom. The Morgan fingerprint density at radius 2 is 1.64 bits per heavy atom. The quantitative estimate of drug-likeness (QED) is 0.111. The molecule has 0 radical (unpaired) electrons. The Kier molecular flexibility index (Phi) is 10.9. The van der Waals surface area contributed by atoms with Gasteiger partial charge in [0.2, 0.25) is 11.8 Å². The Hall–Kier alpha value is -4.12. The van der Waals surface area contributed by atoms with Gasteiger partial charge in [-0.25, -0.2) is 5.48 Å². The number of likely N-dealkylation sites (N-methyl/N-ethyl adjacent to an activating group) is 1. The van der Waals surface area contributed by atoms with Crippen LogP contribution in [0.15, 0.2) is 91.0 Å². The number of carbonyl (C=O) groups is 2. The van der Waals surface area contributed by atoms with Crippen molar-refractivity contribution in [3.8, 4) is 0 Å². The first-order valence-corrected chi connectivity index (χ1v) is 15.3. The van der Waals surface area contributed by atoms with Crippen LogP contribution in [0.3, 0.4) is 0 Å². The van der Waals surface area contributed by atoms with Gasteiger partial charge in [-0.2, -0.15) is 0 Å². The number of anilines is 1. The Balaban J connectivity index is 1.31. The molecule has 0 unspecified atom stereocenters. The van der Waals surface area contributed by atoms with E-state index in [9.17, 15) is 14.7 Å². The summed E-state index contributed by atoms with van der Waals surface area (Å²) in [6.45, 7) is 2.86. The molecule has 1 saturated heterocycles. The van der Waals surface area contributed by atoms with Gasteiger partial charge in [0.15, 0.2) is 6.29 Å². The Labute approximate surface area is 263 Å². The highest BCUT2D eigenvalue weighted by Gasteiger charge is 2.33. The zero-order valence-electron chi connectivity index (χ0n) is 25.7. The van der Waals surface area contributed by atoms with Crippen LogP contribution in [0, 0.1) is 0 Å². The number of ether oxygens (including phenoxy) is 2. The van der Waals surface area contributed by atoms with Gasteiger partial charge in [0.05, 0.1) is 18.8 Å². The fourth-order valence-electron chi connectivity index (χ4n) is 5.69. The smallest absolute Gasteiger partial charge is 0.243 e. The maximum absolute atomic E-state index is 12.5. The zero-order valence-corrected chi connectivity index (χ0v) is 25.7. The summed E-state index contributed by atoms with van der Waals surface area (Å²) in [5.41, 5.74) is 6.03. The molecule has 4 aromatic carbocycles. The predicted octanol–water partition coefficient (Wildman–Crippen LogP) is 6.18. The van der Waals surface area contributed by atoms with E-state index < -0.39 is 12.2 Å². The van der Waals surface area contributed by atoms with Crippen molar-refractivity contribution in [3.63, 3.8) is 0 Å². The molecule has 45 heavy (non-hydrogen) atoms. The fourth-order valence-corrected chi connectivity index (χ4v) is 5.69. The van der Waals surface area contributed by atoms with E-state index in [1.807, 2.05) is 42.5 Å². The summed E-state index contributed by atoms with van der Waals surface area (Å²) in [5, 5.41) is 23.5. The van der Waals surface area contributed by atoms with Crippen molar-refractivity contribution in [3.05, 3.63) is 113 Å². The number of fused-ring (bicyclic) bond motifs is 1. The molecular weight excluding hydrogens is 570 g/mol. The summed E-state index contributed by atoms with van der Waals surface area (Å²) in [5.74, 6) is -0.754. The average Bonchev–Trinajstić information content (AvgIpc) is 3.07. The van der Waals surface area contributed by atoms with Crippen LogP contribution in [0.4, 0.5) is 5.69 Å². The van der Waals surface area contributed by atoms with Crippen LogP contribution in [0.2, 0.25) is 0 Å². The second kappa shape index (κ2) is 15.2. The minimum absolute atomic E-state index is 0.0231. The van der Waals surface area contributed by atoms with Crippen molar-refractivity contribution in [1.29, 1.82) is 0 Å². The summed E-state index contributed by atoms with van der Waals surface area (Å²) < 4.78 is 13.1. The molecule has 1 heterocycles. The number of amides is 2. The van der Waals surface area contributed by atoms with E-state index >= 15 is 0 Å². The summed E-state index contributed by atoms with van der Waals surface area (Å²) in [4.78, 5) is 26.0. The Morgan fingerprint density at radius 1 is 0.889 bits per heavy atom. The number of rotatable bonds is 12. The van der Waals surface area contributed by atoms with Crippen LogP contribution in [0.1, 0.15) is 73.3 Å². The van der Waals surface area contributed by atoms with E-state index in [2.05, 4.69) is 66.7 Å². The summed E-state index contributed by atoms with van der Waals surface area (Å²) in [6, 6.07) is 30.3. The first kappa shape index (κ1) is 32.3. The molecule has 5 rings (SSSR count). The lowest BCUT2D eigenvalue weighted by atomic mass is 9.98. The van der Waals surface area contributed by atoms with Crippen molar-refractivity contribution in [2.45, 2.75) is 63.8 Å². The van der Waals surface area contributed by atoms with Gasteiger partial charge in [0.1, 0.15) is 0 Å². The highest BCUT2D eigenvalue weighted by atomic mass is 16.7. The SMILES string of the molecule is C[C@H](c1ccc2ccccc2c1)N(C)C[C@H]1C[C@@H](c2ccc(CO)cc2)O[C@@H](c2cccc(NC(=O)CCCC(=O)NO)c2)O1. The second-order valence-corrected chi connectivity index (χ2v) is 11.6. The molecule has 236 valence electrons. The van der Waals surface area contributed by atoms with Gasteiger partial charge in [-0.3, -0.25) is 19.7 Å². The average molecular weight is 612 g/mol. The van der Waals surface area contributed by atoms with Crippen molar-refractivity contribution in [1.82, 2.24) is 10.4 Å². The van der Waals surface area contributed by atoms with Gasteiger partial charge in [0, 0.05) is 43.1 Å². The molecule has 0 aromatic heterocycles. The molecule has 1 fully saturated rings. The van der Waals surface area contributed by atoms with E-state index in [1.165, 1.54) is 16.3 Å². The fraction of sp³-hybridized carbons (Fsp3) is 0.333. The van der Waals surface area contributed by atoms with Gasteiger partial charge < -0.3 is 19.9 Å². The van der Waals surface area contributed by atoms with Crippen LogP contribution in [0.5, 0.6) is 0 Å². The number of hydrogen-bond acceptors (Lipinski definition) is 7. The number of carbonyl (C=O) groups excluding carboxylic acids is 2. The maximum atomic E-state index is 12.5.